The Hall–Kier alpha value is -2.86. The molecule has 144 valence electrons. The van der Waals surface area contributed by atoms with Crippen LogP contribution in [-0.4, -0.2) is 46.7 Å². The number of hydrogen-bond acceptors (Lipinski definition) is 4. The summed E-state index contributed by atoms with van der Waals surface area (Å²) in [4.78, 5) is 15.5. The lowest BCUT2D eigenvalue weighted by Gasteiger charge is -2.46. The number of carbonyl (C=O) groups excluding carboxylic acids is 1. The summed E-state index contributed by atoms with van der Waals surface area (Å²) in [5.41, 5.74) is 2.24. The molecule has 0 bridgehead atoms. The van der Waals surface area contributed by atoms with Gasteiger partial charge in [-0.25, -0.2) is 0 Å². The van der Waals surface area contributed by atoms with Gasteiger partial charge in [0, 0.05) is 30.5 Å². The minimum absolute atomic E-state index is 0.0703. The molecular formula is C22H24N4O2. The number of rotatable bonds is 2. The van der Waals surface area contributed by atoms with E-state index in [4.69, 9.17) is 4.74 Å². The summed E-state index contributed by atoms with van der Waals surface area (Å²) in [5.74, 6) is 0.808. The number of amides is 1. The van der Waals surface area contributed by atoms with Crippen LogP contribution in [-0.2, 0) is 0 Å². The SMILES string of the molecule is CN1CCC2(CC1)C[C@@H](NC(=O)c1cccc3cn[nH]c13)c1ccccc1O2. The molecule has 3 heterocycles. The van der Waals surface area contributed by atoms with Crippen LogP contribution in [0.5, 0.6) is 5.75 Å². The average molecular weight is 376 g/mol. The molecule has 3 aromatic rings. The number of H-pyrrole nitrogens is 1. The largest absolute Gasteiger partial charge is 0.487 e. The van der Waals surface area contributed by atoms with Gasteiger partial charge in [0.2, 0.25) is 0 Å². The fourth-order valence-electron chi connectivity index (χ4n) is 4.47. The number of fused-ring (bicyclic) bond motifs is 2. The van der Waals surface area contributed by atoms with E-state index in [1.54, 1.807) is 6.20 Å². The highest BCUT2D eigenvalue weighted by Gasteiger charge is 2.43. The van der Waals surface area contributed by atoms with Gasteiger partial charge in [-0.2, -0.15) is 5.10 Å². The van der Waals surface area contributed by atoms with E-state index in [2.05, 4.69) is 33.5 Å². The first-order chi connectivity index (χ1) is 13.6. The van der Waals surface area contributed by atoms with Crippen LogP contribution >= 0.6 is 0 Å². The molecule has 2 N–H and O–H groups in total. The maximum Gasteiger partial charge on any atom is 0.253 e. The second-order valence-electron chi connectivity index (χ2n) is 8.00. The van der Waals surface area contributed by atoms with Crippen LogP contribution in [0.2, 0.25) is 0 Å². The molecule has 1 fully saturated rings. The summed E-state index contributed by atoms with van der Waals surface area (Å²) in [7, 11) is 2.15. The van der Waals surface area contributed by atoms with Crippen LogP contribution in [0.15, 0.2) is 48.7 Å². The molecule has 0 radical (unpaired) electrons. The number of aromatic nitrogens is 2. The van der Waals surface area contributed by atoms with E-state index in [1.807, 2.05) is 36.4 Å². The summed E-state index contributed by atoms with van der Waals surface area (Å²) < 4.78 is 6.49. The van der Waals surface area contributed by atoms with E-state index in [9.17, 15) is 4.79 Å². The van der Waals surface area contributed by atoms with Gasteiger partial charge in [0.15, 0.2) is 0 Å². The lowest BCUT2D eigenvalue weighted by molar-refractivity contribution is -0.0195. The third kappa shape index (κ3) is 2.94. The monoisotopic (exact) mass is 376 g/mol. The number of benzene rings is 2. The number of nitrogens with one attached hydrogen (secondary N) is 2. The van der Waals surface area contributed by atoms with Crippen LogP contribution in [0.4, 0.5) is 0 Å². The minimum Gasteiger partial charge on any atom is -0.487 e. The van der Waals surface area contributed by atoms with Gasteiger partial charge in [0.25, 0.3) is 5.91 Å². The van der Waals surface area contributed by atoms with E-state index in [0.717, 1.165) is 54.6 Å². The Balaban J connectivity index is 1.46. The number of piperidine rings is 1. The summed E-state index contributed by atoms with van der Waals surface area (Å²) in [6.45, 7) is 2.02. The van der Waals surface area contributed by atoms with E-state index in [1.165, 1.54) is 0 Å². The standard InChI is InChI=1S/C22H24N4O2/c1-26-11-9-22(10-12-26)13-18(16-6-2-3-8-19(16)28-22)24-21(27)17-7-4-5-15-14-23-25-20(15)17/h2-8,14,18H,9-13H2,1H3,(H,23,25)(H,24,27)/t18-/m1/s1. The minimum atomic E-state index is -0.210. The van der Waals surface area contributed by atoms with Gasteiger partial charge in [-0.1, -0.05) is 30.3 Å². The smallest absolute Gasteiger partial charge is 0.253 e. The molecule has 2 aliphatic heterocycles. The van der Waals surface area contributed by atoms with Gasteiger partial charge in [-0.3, -0.25) is 9.89 Å². The first-order valence-electron chi connectivity index (χ1n) is 9.83. The van der Waals surface area contributed by atoms with E-state index in [-0.39, 0.29) is 17.6 Å². The Bertz CT molecular complexity index is 1020. The van der Waals surface area contributed by atoms with Crippen molar-refractivity contribution in [2.24, 2.45) is 0 Å². The maximum atomic E-state index is 13.1. The number of nitrogens with zero attached hydrogens (tertiary/aromatic N) is 2. The molecule has 0 unspecified atom stereocenters. The van der Waals surface area contributed by atoms with Crippen molar-refractivity contribution in [2.75, 3.05) is 20.1 Å². The highest BCUT2D eigenvalue weighted by atomic mass is 16.5. The average Bonchev–Trinajstić information content (AvgIpc) is 3.19. The molecule has 6 nitrogen and oxygen atoms in total. The van der Waals surface area contributed by atoms with Crippen molar-refractivity contribution in [1.29, 1.82) is 0 Å². The molecule has 1 aromatic heterocycles. The molecular weight excluding hydrogens is 352 g/mol. The zero-order chi connectivity index (χ0) is 19.1. The van der Waals surface area contributed by atoms with Crippen molar-refractivity contribution in [3.63, 3.8) is 0 Å². The van der Waals surface area contributed by atoms with Crippen LogP contribution in [0.3, 0.4) is 0 Å². The summed E-state index contributed by atoms with van der Waals surface area (Å²) in [6, 6.07) is 13.7. The summed E-state index contributed by atoms with van der Waals surface area (Å²) in [5, 5.41) is 11.2. The molecule has 0 saturated carbocycles. The summed E-state index contributed by atoms with van der Waals surface area (Å²) >= 11 is 0. The number of aromatic amines is 1. The normalized spacial score (nSPS) is 21.2. The second-order valence-corrected chi connectivity index (χ2v) is 8.00. The van der Waals surface area contributed by atoms with Gasteiger partial charge in [0.1, 0.15) is 11.4 Å². The molecule has 28 heavy (non-hydrogen) atoms. The Kier molecular flexibility index (Phi) is 4.09. The van der Waals surface area contributed by atoms with Crippen LogP contribution in [0, 0.1) is 0 Å². The second kappa shape index (κ2) is 6.63. The highest BCUT2D eigenvalue weighted by molar-refractivity contribution is 6.05. The van der Waals surface area contributed by atoms with Crippen molar-refractivity contribution in [3.05, 3.63) is 59.8 Å². The number of carbonyl (C=O) groups is 1. The number of ether oxygens (including phenoxy) is 1. The number of likely N-dealkylation sites (tertiary alicyclic amines) is 1. The topological polar surface area (TPSA) is 70.2 Å². The fraction of sp³-hybridized carbons (Fsp3) is 0.364. The van der Waals surface area contributed by atoms with Gasteiger partial charge in [0.05, 0.1) is 23.3 Å². The lowest BCUT2D eigenvalue weighted by atomic mass is 9.80. The van der Waals surface area contributed by atoms with Gasteiger partial charge in [-0.05, 0) is 32.0 Å². The van der Waals surface area contributed by atoms with Gasteiger partial charge in [-0.15, -0.1) is 0 Å². The van der Waals surface area contributed by atoms with Crippen molar-refractivity contribution < 1.29 is 9.53 Å². The van der Waals surface area contributed by atoms with Crippen molar-refractivity contribution >= 4 is 16.8 Å². The van der Waals surface area contributed by atoms with Crippen LogP contribution in [0.1, 0.15) is 41.2 Å². The van der Waals surface area contributed by atoms with Crippen molar-refractivity contribution in [1.82, 2.24) is 20.4 Å². The molecule has 1 atom stereocenters. The predicted molar refractivity (Wildman–Crippen MR) is 107 cm³/mol. The molecule has 2 aromatic carbocycles. The first-order valence-corrected chi connectivity index (χ1v) is 9.83. The molecule has 2 aliphatic rings. The Morgan fingerprint density at radius 2 is 2.04 bits per heavy atom. The molecule has 1 saturated heterocycles. The zero-order valence-electron chi connectivity index (χ0n) is 15.9. The highest BCUT2D eigenvalue weighted by Crippen LogP contribution is 2.44. The van der Waals surface area contributed by atoms with E-state index in [0.29, 0.717) is 5.56 Å². The van der Waals surface area contributed by atoms with Crippen LogP contribution in [0.25, 0.3) is 10.9 Å². The molecule has 5 rings (SSSR count). The first kappa shape index (κ1) is 17.3. The molecule has 1 spiro atoms. The quantitative estimate of drug-likeness (QED) is 0.720. The molecule has 6 heteroatoms. The third-order valence-corrected chi connectivity index (χ3v) is 6.12. The van der Waals surface area contributed by atoms with Gasteiger partial charge < -0.3 is 15.0 Å². The van der Waals surface area contributed by atoms with E-state index >= 15 is 0 Å². The lowest BCUT2D eigenvalue weighted by Crippen LogP contribution is -2.51. The van der Waals surface area contributed by atoms with Crippen molar-refractivity contribution in [2.45, 2.75) is 30.9 Å². The Morgan fingerprint density at radius 1 is 1.21 bits per heavy atom. The summed E-state index contributed by atoms with van der Waals surface area (Å²) in [6.07, 6.45) is 4.48. The number of hydrogen-bond donors (Lipinski definition) is 2. The third-order valence-electron chi connectivity index (χ3n) is 6.12. The maximum absolute atomic E-state index is 13.1. The molecule has 0 aliphatic carbocycles. The fourth-order valence-corrected chi connectivity index (χ4v) is 4.47. The Morgan fingerprint density at radius 3 is 2.89 bits per heavy atom. The number of para-hydroxylation sites is 2. The Labute approximate surface area is 163 Å². The predicted octanol–water partition coefficient (Wildman–Crippen LogP) is 3.28. The van der Waals surface area contributed by atoms with E-state index < -0.39 is 0 Å². The van der Waals surface area contributed by atoms with Crippen molar-refractivity contribution in [3.8, 4) is 5.75 Å². The zero-order valence-corrected chi connectivity index (χ0v) is 15.9. The van der Waals surface area contributed by atoms with Crippen LogP contribution < -0.4 is 10.1 Å². The molecule has 1 amide bonds. The van der Waals surface area contributed by atoms with Gasteiger partial charge >= 0.3 is 0 Å².